The molecule has 0 saturated heterocycles. The molecule has 5 nitrogen and oxygen atoms in total. The fourth-order valence-corrected chi connectivity index (χ4v) is 1.17. The van der Waals surface area contributed by atoms with E-state index in [-0.39, 0.29) is 0 Å². The number of benzene rings is 1. The summed E-state index contributed by atoms with van der Waals surface area (Å²) in [6.45, 7) is 1.39. The molecule has 0 aliphatic carbocycles. The highest BCUT2D eigenvalue weighted by Gasteiger charge is 2.12. The highest BCUT2D eigenvalue weighted by Crippen LogP contribution is 2.09. The molecular weight excluding hydrogens is 232 g/mol. The first kappa shape index (κ1) is 13.5. The number of nitrogens with two attached hydrogens (primary N) is 1. The van der Waals surface area contributed by atoms with E-state index in [1.54, 1.807) is 24.3 Å². The van der Waals surface area contributed by atoms with E-state index in [2.05, 4.69) is 0 Å². The predicted molar refractivity (Wildman–Crippen MR) is 64.9 cm³/mol. The number of amides is 1. The minimum absolute atomic E-state index is 0.449. The fourth-order valence-electron chi connectivity index (χ4n) is 1.17. The minimum Gasteiger partial charge on any atom is -0.449 e. The molecule has 0 fully saturated rings. The van der Waals surface area contributed by atoms with E-state index in [1.807, 2.05) is 6.07 Å². The summed E-state index contributed by atoms with van der Waals surface area (Å²) in [5.74, 6) is -1.40. The van der Waals surface area contributed by atoms with Crippen LogP contribution in [0.1, 0.15) is 18.1 Å². The van der Waals surface area contributed by atoms with Crippen molar-refractivity contribution >= 4 is 18.0 Å². The van der Waals surface area contributed by atoms with Gasteiger partial charge in [0.25, 0.3) is 5.91 Å². The summed E-state index contributed by atoms with van der Waals surface area (Å²) in [6.07, 6.45) is 1.62. The van der Waals surface area contributed by atoms with E-state index in [9.17, 15) is 9.59 Å². The average Bonchev–Trinajstić information content (AvgIpc) is 2.36. The van der Waals surface area contributed by atoms with Crippen molar-refractivity contribution in [2.45, 2.75) is 13.0 Å². The molecular formula is C13H12N2O3. The Morgan fingerprint density at radius 3 is 2.72 bits per heavy atom. The van der Waals surface area contributed by atoms with Crippen LogP contribution >= 0.6 is 0 Å². The number of carbonyl (C=O) groups excluding carboxylic acids is 2. The normalized spacial score (nSPS) is 11.8. The minimum atomic E-state index is -0.978. The van der Waals surface area contributed by atoms with Gasteiger partial charge in [0.1, 0.15) is 0 Å². The molecule has 1 aromatic carbocycles. The van der Waals surface area contributed by atoms with Gasteiger partial charge in [-0.1, -0.05) is 18.2 Å². The van der Waals surface area contributed by atoms with Crippen LogP contribution in [0.2, 0.25) is 0 Å². The monoisotopic (exact) mass is 244 g/mol. The molecule has 2 N–H and O–H groups in total. The number of esters is 1. The molecule has 5 heteroatoms. The Morgan fingerprint density at radius 1 is 1.44 bits per heavy atom. The van der Waals surface area contributed by atoms with Crippen LogP contribution in [0, 0.1) is 11.3 Å². The van der Waals surface area contributed by atoms with Gasteiger partial charge in [0.05, 0.1) is 11.6 Å². The summed E-state index contributed by atoms with van der Waals surface area (Å²) in [4.78, 5) is 22.0. The highest BCUT2D eigenvalue weighted by atomic mass is 16.5. The molecule has 0 aliphatic heterocycles. The van der Waals surface area contributed by atoms with Crippen molar-refractivity contribution in [3.8, 4) is 6.07 Å². The van der Waals surface area contributed by atoms with Crippen LogP contribution in [0.5, 0.6) is 0 Å². The second kappa shape index (κ2) is 6.21. The van der Waals surface area contributed by atoms with Gasteiger partial charge in [0, 0.05) is 6.08 Å². The summed E-state index contributed by atoms with van der Waals surface area (Å²) in [6, 6.07) is 8.80. The van der Waals surface area contributed by atoms with Gasteiger partial charge in [-0.3, -0.25) is 4.79 Å². The Labute approximate surface area is 104 Å². The number of rotatable bonds is 4. The third-order valence-electron chi connectivity index (χ3n) is 2.17. The zero-order valence-corrected chi connectivity index (χ0v) is 9.79. The zero-order valence-electron chi connectivity index (χ0n) is 9.79. The molecule has 0 saturated carbocycles. The van der Waals surface area contributed by atoms with Crippen molar-refractivity contribution in [2.24, 2.45) is 5.73 Å². The van der Waals surface area contributed by atoms with Gasteiger partial charge in [-0.05, 0) is 24.6 Å². The van der Waals surface area contributed by atoms with Gasteiger partial charge in [-0.2, -0.15) is 5.26 Å². The van der Waals surface area contributed by atoms with Gasteiger partial charge < -0.3 is 10.5 Å². The van der Waals surface area contributed by atoms with Crippen LogP contribution in [0.15, 0.2) is 30.3 Å². The van der Waals surface area contributed by atoms with Crippen molar-refractivity contribution in [3.63, 3.8) is 0 Å². The lowest BCUT2D eigenvalue weighted by Gasteiger charge is -2.06. The summed E-state index contributed by atoms with van der Waals surface area (Å²) >= 11 is 0. The quantitative estimate of drug-likeness (QED) is 0.631. The summed E-state index contributed by atoms with van der Waals surface area (Å²) < 4.78 is 4.72. The third kappa shape index (κ3) is 3.76. The number of hydrogen-bond donors (Lipinski definition) is 1. The standard InChI is InChI=1S/C13H12N2O3/c1-9(13(15)17)18-12(16)7-6-10-4-2-3-5-11(10)8-14/h2-7,9H,1H3,(H2,15,17)/b7-6+. The van der Waals surface area contributed by atoms with E-state index in [4.69, 9.17) is 15.7 Å². The van der Waals surface area contributed by atoms with Crippen LogP contribution in [0.25, 0.3) is 6.08 Å². The topological polar surface area (TPSA) is 93.2 Å². The average molecular weight is 244 g/mol. The molecule has 92 valence electrons. The zero-order chi connectivity index (χ0) is 13.5. The molecule has 1 rings (SSSR count). The molecule has 18 heavy (non-hydrogen) atoms. The van der Waals surface area contributed by atoms with Crippen LogP contribution in [-0.2, 0) is 14.3 Å². The van der Waals surface area contributed by atoms with Crippen molar-refractivity contribution in [1.82, 2.24) is 0 Å². The van der Waals surface area contributed by atoms with Crippen LogP contribution in [0.4, 0.5) is 0 Å². The van der Waals surface area contributed by atoms with Crippen molar-refractivity contribution in [3.05, 3.63) is 41.5 Å². The molecule has 0 spiro atoms. The maximum absolute atomic E-state index is 11.3. The maximum Gasteiger partial charge on any atom is 0.331 e. The van der Waals surface area contributed by atoms with E-state index in [1.165, 1.54) is 13.0 Å². The van der Waals surface area contributed by atoms with E-state index in [0.717, 1.165) is 6.08 Å². The van der Waals surface area contributed by atoms with Crippen molar-refractivity contribution in [2.75, 3.05) is 0 Å². The second-order valence-electron chi connectivity index (χ2n) is 3.51. The lowest BCUT2D eigenvalue weighted by atomic mass is 10.1. The lowest BCUT2D eigenvalue weighted by molar-refractivity contribution is -0.148. The predicted octanol–water partition coefficient (Wildman–Crippen LogP) is 0.988. The van der Waals surface area contributed by atoms with Gasteiger partial charge in [0.2, 0.25) is 0 Å². The van der Waals surface area contributed by atoms with Gasteiger partial charge in [-0.25, -0.2) is 4.79 Å². The molecule has 0 aromatic heterocycles. The van der Waals surface area contributed by atoms with Gasteiger partial charge >= 0.3 is 5.97 Å². The number of nitriles is 1. The van der Waals surface area contributed by atoms with Gasteiger partial charge in [0.15, 0.2) is 6.10 Å². The molecule has 1 unspecified atom stereocenters. The molecule has 1 aromatic rings. The smallest absolute Gasteiger partial charge is 0.331 e. The van der Waals surface area contributed by atoms with Crippen LogP contribution in [-0.4, -0.2) is 18.0 Å². The largest absolute Gasteiger partial charge is 0.449 e. The molecule has 0 bridgehead atoms. The first-order chi connectivity index (χ1) is 8.54. The SMILES string of the molecule is CC(OC(=O)/C=C/c1ccccc1C#N)C(N)=O. The molecule has 1 amide bonds. The number of hydrogen-bond acceptors (Lipinski definition) is 4. The van der Waals surface area contributed by atoms with Crippen LogP contribution in [0.3, 0.4) is 0 Å². The highest BCUT2D eigenvalue weighted by molar-refractivity contribution is 5.90. The first-order valence-corrected chi connectivity index (χ1v) is 5.21. The summed E-state index contributed by atoms with van der Waals surface area (Å²) in [5, 5.41) is 8.84. The number of nitrogens with zero attached hydrogens (tertiary/aromatic N) is 1. The molecule has 1 atom stereocenters. The maximum atomic E-state index is 11.3. The Bertz CT molecular complexity index is 529. The van der Waals surface area contributed by atoms with Gasteiger partial charge in [-0.15, -0.1) is 0 Å². The Morgan fingerprint density at radius 2 is 2.11 bits per heavy atom. The third-order valence-corrected chi connectivity index (χ3v) is 2.17. The molecule has 0 heterocycles. The van der Waals surface area contributed by atoms with E-state index < -0.39 is 18.0 Å². The summed E-state index contributed by atoms with van der Waals surface area (Å²) in [5.41, 5.74) is 6.00. The van der Waals surface area contributed by atoms with Crippen molar-refractivity contribution in [1.29, 1.82) is 5.26 Å². The Hall–Kier alpha value is -2.61. The Kier molecular flexibility index (Phi) is 4.64. The van der Waals surface area contributed by atoms with Crippen molar-refractivity contribution < 1.29 is 14.3 Å². The molecule has 0 radical (unpaired) electrons. The van der Waals surface area contributed by atoms with Crippen LogP contribution < -0.4 is 5.73 Å². The lowest BCUT2D eigenvalue weighted by Crippen LogP contribution is -2.29. The number of ether oxygens (including phenoxy) is 1. The van der Waals surface area contributed by atoms with E-state index >= 15 is 0 Å². The number of primary amides is 1. The number of carbonyl (C=O) groups is 2. The molecule has 0 aliphatic rings. The first-order valence-electron chi connectivity index (χ1n) is 5.21. The fraction of sp³-hybridized carbons (Fsp3) is 0.154. The second-order valence-corrected chi connectivity index (χ2v) is 3.51. The Balaban J connectivity index is 2.73. The van der Waals surface area contributed by atoms with E-state index in [0.29, 0.717) is 11.1 Å². The summed E-state index contributed by atoms with van der Waals surface area (Å²) in [7, 11) is 0.